The van der Waals surface area contributed by atoms with Crippen molar-refractivity contribution in [1.29, 1.82) is 0 Å². The fourth-order valence-electron chi connectivity index (χ4n) is 2.74. The molecular formula is C17H20F3NO3. The number of alkyl halides is 3. The summed E-state index contributed by atoms with van der Waals surface area (Å²) in [5.41, 5.74) is -1.66. The lowest BCUT2D eigenvalue weighted by atomic mass is 9.83. The zero-order chi connectivity index (χ0) is 18.1. The van der Waals surface area contributed by atoms with Gasteiger partial charge in [-0.15, -0.1) is 0 Å². The Kier molecular flexibility index (Phi) is 4.92. The van der Waals surface area contributed by atoms with Crippen molar-refractivity contribution >= 4 is 11.9 Å². The highest BCUT2D eigenvalue weighted by Crippen LogP contribution is 2.40. The molecular weight excluding hydrogens is 323 g/mol. The van der Waals surface area contributed by atoms with Gasteiger partial charge in [-0.3, -0.25) is 9.59 Å². The number of carbonyl (C=O) groups is 2. The van der Waals surface area contributed by atoms with Crippen LogP contribution in [0.4, 0.5) is 13.2 Å². The van der Waals surface area contributed by atoms with Crippen LogP contribution in [0.3, 0.4) is 0 Å². The maximum absolute atomic E-state index is 13.1. The van der Waals surface area contributed by atoms with Gasteiger partial charge in [-0.05, 0) is 44.4 Å². The summed E-state index contributed by atoms with van der Waals surface area (Å²) in [5.74, 6) is -1.88. The standard InChI is InChI=1S/C17H20F3NO3/c1-16(2,17(18,19)20)13-7-5-11(6-8-13)14(22)21-9-3-4-12(10-21)15(23)24/h5-8,12H,3-4,9-10H2,1-2H3,(H,23,24)/t12-/m0/s1. The van der Waals surface area contributed by atoms with E-state index in [4.69, 9.17) is 5.11 Å². The van der Waals surface area contributed by atoms with E-state index in [1.807, 2.05) is 0 Å². The summed E-state index contributed by atoms with van der Waals surface area (Å²) < 4.78 is 39.2. The Morgan fingerprint density at radius 1 is 1.17 bits per heavy atom. The van der Waals surface area contributed by atoms with Crippen LogP contribution in [-0.4, -0.2) is 41.1 Å². The van der Waals surface area contributed by atoms with Crippen molar-refractivity contribution in [2.24, 2.45) is 5.92 Å². The second kappa shape index (κ2) is 6.45. The predicted octanol–water partition coefficient (Wildman–Crippen LogP) is 3.46. The van der Waals surface area contributed by atoms with E-state index < -0.39 is 23.5 Å². The number of amides is 1. The fraction of sp³-hybridized carbons (Fsp3) is 0.529. The largest absolute Gasteiger partial charge is 0.481 e. The van der Waals surface area contributed by atoms with E-state index in [1.165, 1.54) is 29.2 Å². The summed E-state index contributed by atoms with van der Waals surface area (Å²) in [6.07, 6.45) is -3.26. The van der Waals surface area contributed by atoms with Crippen LogP contribution in [0.5, 0.6) is 0 Å². The molecule has 1 heterocycles. The molecule has 0 unspecified atom stereocenters. The zero-order valence-corrected chi connectivity index (χ0v) is 13.6. The van der Waals surface area contributed by atoms with Crippen molar-refractivity contribution in [1.82, 2.24) is 4.90 Å². The van der Waals surface area contributed by atoms with Crippen LogP contribution < -0.4 is 0 Å². The molecule has 1 aromatic carbocycles. The number of likely N-dealkylation sites (tertiary alicyclic amines) is 1. The smallest absolute Gasteiger partial charge is 0.397 e. The molecule has 0 spiro atoms. The number of rotatable bonds is 3. The minimum atomic E-state index is -4.39. The topological polar surface area (TPSA) is 57.6 Å². The van der Waals surface area contributed by atoms with Crippen LogP contribution in [0.15, 0.2) is 24.3 Å². The molecule has 4 nitrogen and oxygen atoms in total. The molecule has 0 bridgehead atoms. The van der Waals surface area contributed by atoms with Crippen LogP contribution in [-0.2, 0) is 10.2 Å². The van der Waals surface area contributed by atoms with E-state index in [0.29, 0.717) is 19.4 Å². The normalized spacial score (nSPS) is 19.2. The Balaban J connectivity index is 2.16. The number of hydrogen-bond donors (Lipinski definition) is 1. The summed E-state index contributed by atoms with van der Waals surface area (Å²) >= 11 is 0. The van der Waals surface area contributed by atoms with Crippen molar-refractivity contribution in [3.05, 3.63) is 35.4 Å². The molecule has 1 fully saturated rings. The van der Waals surface area contributed by atoms with Gasteiger partial charge in [0.05, 0.1) is 11.3 Å². The third-order valence-corrected chi connectivity index (χ3v) is 4.62. The summed E-state index contributed by atoms with van der Waals surface area (Å²) in [6, 6.07) is 5.35. The molecule has 0 aromatic heterocycles. The summed E-state index contributed by atoms with van der Waals surface area (Å²) in [7, 11) is 0. The molecule has 7 heteroatoms. The molecule has 1 amide bonds. The highest BCUT2D eigenvalue weighted by Gasteiger charge is 2.48. The summed E-state index contributed by atoms with van der Waals surface area (Å²) in [5, 5.41) is 9.07. The van der Waals surface area contributed by atoms with E-state index in [0.717, 1.165) is 13.8 Å². The monoisotopic (exact) mass is 343 g/mol. The molecule has 0 saturated carbocycles. The Bertz CT molecular complexity index is 623. The summed E-state index contributed by atoms with van der Waals surface area (Å²) in [4.78, 5) is 25.0. The van der Waals surface area contributed by atoms with Gasteiger partial charge in [-0.1, -0.05) is 12.1 Å². The van der Waals surface area contributed by atoms with E-state index in [2.05, 4.69) is 0 Å². The van der Waals surface area contributed by atoms with Crippen molar-refractivity contribution in [2.75, 3.05) is 13.1 Å². The number of carbonyl (C=O) groups excluding carboxylic acids is 1. The van der Waals surface area contributed by atoms with Gasteiger partial charge >= 0.3 is 12.1 Å². The molecule has 1 saturated heterocycles. The number of benzene rings is 1. The predicted molar refractivity (Wildman–Crippen MR) is 81.8 cm³/mol. The number of piperidine rings is 1. The van der Waals surface area contributed by atoms with Gasteiger partial charge in [0.15, 0.2) is 0 Å². The number of carboxylic acid groups (broad SMARTS) is 1. The zero-order valence-electron chi connectivity index (χ0n) is 13.6. The van der Waals surface area contributed by atoms with E-state index in [1.54, 1.807) is 0 Å². The molecule has 2 rings (SSSR count). The molecule has 24 heavy (non-hydrogen) atoms. The average Bonchev–Trinajstić information content (AvgIpc) is 2.53. The average molecular weight is 343 g/mol. The van der Waals surface area contributed by atoms with Crippen molar-refractivity contribution in [3.63, 3.8) is 0 Å². The highest BCUT2D eigenvalue weighted by atomic mass is 19.4. The van der Waals surface area contributed by atoms with Gasteiger partial charge in [-0.25, -0.2) is 0 Å². The van der Waals surface area contributed by atoms with Gasteiger partial charge < -0.3 is 10.0 Å². The summed E-state index contributed by atoms with van der Waals surface area (Å²) in [6.45, 7) is 2.76. The number of halogens is 3. The van der Waals surface area contributed by atoms with Crippen molar-refractivity contribution in [2.45, 2.75) is 38.3 Å². The number of aliphatic carboxylic acids is 1. The minimum Gasteiger partial charge on any atom is -0.481 e. The Morgan fingerprint density at radius 3 is 2.25 bits per heavy atom. The van der Waals surface area contributed by atoms with E-state index >= 15 is 0 Å². The quantitative estimate of drug-likeness (QED) is 0.914. The van der Waals surface area contributed by atoms with Crippen LogP contribution in [0.1, 0.15) is 42.6 Å². The third-order valence-electron chi connectivity index (χ3n) is 4.62. The first-order valence-corrected chi connectivity index (χ1v) is 7.73. The van der Waals surface area contributed by atoms with Crippen LogP contribution in [0, 0.1) is 5.92 Å². The molecule has 0 aliphatic carbocycles. The number of hydrogen-bond acceptors (Lipinski definition) is 2. The lowest BCUT2D eigenvalue weighted by Gasteiger charge is -2.31. The first-order valence-electron chi connectivity index (χ1n) is 7.73. The van der Waals surface area contributed by atoms with Gasteiger partial charge in [0.1, 0.15) is 0 Å². The van der Waals surface area contributed by atoms with Crippen LogP contribution in [0.2, 0.25) is 0 Å². The molecule has 1 atom stereocenters. The SMILES string of the molecule is CC(C)(c1ccc(C(=O)N2CCC[C@H](C(=O)O)C2)cc1)C(F)(F)F. The van der Waals surface area contributed by atoms with Crippen molar-refractivity contribution in [3.8, 4) is 0 Å². The molecule has 0 radical (unpaired) electrons. The Morgan fingerprint density at radius 2 is 1.75 bits per heavy atom. The first-order chi connectivity index (χ1) is 11.0. The number of carboxylic acids is 1. The highest BCUT2D eigenvalue weighted by molar-refractivity contribution is 5.94. The van der Waals surface area contributed by atoms with Crippen LogP contribution in [0.25, 0.3) is 0 Å². The molecule has 1 aromatic rings. The Hall–Kier alpha value is -2.05. The molecule has 132 valence electrons. The second-order valence-corrected chi connectivity index (χ2v) is 6.63. The van der Waals surface area contributed by atoms with Gasteiger partial charge in [-0.2, -0.15) is 13.2 Å². The second-order valence-electron chi connectivity index (χ2n) is 6.63. The lowest BCUT2D eigenvalue weighted by molar-refractivity contribution is -0.180. The van der Waals surface area contributed by atoms with Gasteiger partial charge in [0.25, 0.3) is 5.91 Å². The van der Waals surface area contributed by atoms with E-state index in [9.17, 15) is 22.8 Å². The molecule has 1 N–H and O–H groups in total. The van der Waals surface area contributed by atoms with E-state index in [-0.39, 0.29) is 23.6 Å². The fourth-order valence-corrected chi connectivity index (χ4v) is 2.74. The molecule has 1 aliphatic heterocycles. The first kappa shape index (κ1) is 18.3. The maximum atomic E-state index is 13.1. The maximum Gasteiger partial charge on any atom is 0.397 e. The third kappa shape index (κ3) is 3.55. The van der Waals surface area contributed by atoms with Crippen molar-refractivity contribution < 1.29 is 27.9 Å². The lowest BCUT2D eigenvalue weighted by Crippen LogP contribution is -2.42. The van der Waals surface area contributed by atoms with Gasteiger partial charge in [0, 0.05) is 18.7 Å². The minimum absolute atomic E-state index is 0.0774. The number of nitrogens with zero attached hydrogens (tertiary/aromatic N) is 1. The van der Waals surface area contributed by atoms with Gasteiger partial charge in [0.2, 0.25) is 0 Å². The Labute approximate surface area is 138 Å². The van der Waals surface area contributed by atoms with Crippen LogP contribution >= 0.6 is 0 Å². The molecule has 1 aliphatic rings.